The Hall–Kier alpha value is -2.59. The number of aryl methyl sites for hydroxylation is 1. The maximum absolute atomic E-state index is 12.6. The lowest BCUT2D eigenvalue weighted by Crippen LogP contribution is -2.33. The summed E-state index contributed by atoms with van der Waals surface area (Å²) in [6.45, 7) is 3.61. The SMILES string of the molecule is O=C(Oc1ccc2[nH]cc(CCCCN3CCC(c4ccccc4)CC3)c2c1)C1CCCCC1. The lowest BCUT2D eigenvalue weighted by atomic mass is 9.89. The number of aromatic amines is 1. The summed E-state index contributed by atoms with van der Waals surface area (Å²) in [4.78, 5) is 18.6. The Labute approximate surface area is 203 Å². The zero-order chi connectivity index (χ0) is 23.2. The summed E-state index contributed by atoms with van der Waals surface area (Å²) in [6, 6.07) is 17.0. The molecule has 0 unspecified atom stereocenters. The second kappa shape index (κ2) is 11.2. The molecule has 2 aromatic carbocycles. The molecule has 5 rings (SSSR count). The van der Waals surface area contributed by atoms with Crippen LogP contribution in [0.5, 0.6) is 5.75 Å². The molecule has 0 radical (unpaired) electrons. The van der Waals surface area contributed by atoms with Gasteiger partial charge in [-0.05, 0) is 99.8 Å². The molecule has 2 heterocycles. The largest absolute Gasteiger partial charge is 0.426 e. The number of esters is 1. The summed E-state index contributed by atoms with van der Waals surface area (Å²) in [7, 11) is 0. The molecule has 1 N–H and O–H groups in total. The minimum absolute atomic E-state index is 0.0489. The van der Waals surface area contributed by atoms with Crippen molar-refractivity contribution in [2.75, 3.05) is 19.6 Å². The topological polar surface area (TPSA) is 45.3 Å². The van der Waals surface area contributed by atoms with E-state index in [-0.39, 0.29) is 11.9 Å². The van der Waals surface area contributed by atoms with Crippen molar-refractivity contribution in [2.24, 2.45) is 5.92 Å². The first-order valence-electron chi connectivity index (χ1n) is 13.4. The first-order chi connectivity index (χ1) is 16.8. The number of nitrogens with zero attached hydrogens (tertiary/aromatic N) is 1. The van der Waals surface area contributed by atoms with Crippen LogP contribution in [0.15, 0.2) is 54.7 Å². The highest BCUT2D eigenvalue weighted by atomic mass is 16.5. The molecule has 1 aliphatic heterocycles. The number of hydrogen-bond donors (Lipinski definition) is 1. The Morgan fingerprint density at radius 2 is 1.74 bits per heavy atom. The van der Waals surface area contributed by atoms with Gasteiger partial charge in [-0.1, -0.05) is 49.6 Å². The summed E-state index contributed by atoms with van der Waals surface area (Å²) in [5.74, 6) is 1.44. The van der Waals surface area contributed by atoms with Crippen LogP contribution in [-0.2, 0) is 11.2 Å². The van der Waals surface area contributed by atoms with Crippen molar-refractivity contribution >= 4 is 16.9 Å². The van der Waals surface area contributed by atoms with E-state index in [4.69, 9.17) is 4.74 Å². The lowest BCUT2D eigenvalue weighted by molar-refractivity contribution is -0.139. The second-order valence-corrected chi connectivity index (χ2v) is 10.3. The predicted molar refractivity (Wildman–Crippen MR) is 138 cm³/mol. The molecule has 4 nitrogen and oxygen atoms in total. The number of carbonyl (C=O) groups excluding carboxylic acids is 1. The maximum atomic E-state index is 12.6. The van der Waals surface area contributed by atoms with E-state index in [1.165, 1.54) is 68.3 Å². The van der Waals surface area contributed by atoms with Crippen LogP contribution in [0.4, 0.5) is 0 Å². The van der Waals surface area contributed by atoms with E-state index in [1.807, 2.05) is 12.1 Å². The molecule has 3 aromatic rings. The zero-order valence-corrected chi connectivity index (χ0v) is 20.3. The van der Waals surface area contributed by atoms with Crippen molar-refractivity contribution in [3.8, 4) is 5.75 Å². The van der Waals surface area contributed by atoms with Gasteiger partial charge in [0.1, 0.15) is 5.75 Å². The quantitative estimate of drug-likeness (QED) is 0.228. The molecule has 0 amide bonds. The van der Waals surface area contributed by atoms with Crippen molar-refractivity contribution in [2.45, 2.75) is 70.1 Å². The molecule has 2 fully saturated rings. The summed E-state index contributed by atoms with van der Waals surface area (Å²) in [5, 5.41) is 1.19. The predicted octanol–water partition coefficient (Wildman–Crippen LogP) is 6.86. The first-order valence-corrected chi connectivity index (χ1v) is 13.4. The van der Waals surface area contributed by atoms with Gasteiger partial charge in [0.05, 0.1) is 5.92 Å². The number of hydrogen-bond acceptors (Lipinski definition) is 3. The van der Waals surface area contributed by atoms with Gasteiger partial charge in [-0.15, -0.1) is 0 Å². The minimum Gasteiger partial charge on any atom is -0.426 e. The van der Waals surface area contributed by atoms with E-state index >= 15 is 0 Å². The fourth-order valence-corrected chi connectivity index (χ4v) is 5.83. The van der Waals surface area contributed by atoms with Gasteiger partial charge in [-0.2, -0.15) is 0 Å². The number of rotatable bonds is 8. The van der Waals surface area contributed by atoms with Gasteiger partial charge >= 0.3 is 5.97 Å². The summed E-state index contributed by atoms with van der Waals surface area (Å²) < 4.78 is 5.77. The van der Waals surface area contributed by atoms with Crippen molar-refractivity contribution in [1.82, 2.24) is 9.88 Å². The van der Waals surface area contributed by atoms with Crippen LogP contribution in [0.25, 0.3) is 10.9 Å². The smallest absolute Gasteiger partial charge is 0.314 e. The van der Waals surface area contributed by atoms with Gasteiger partial charge in [-0.3, -0.25) is 4.79 Å². The molecule has 1 aromatic heterocycles. The van der Waals surface area contributed by atoms with Gasteiger partial charge in [0, 0.05) is 17.1 Å². The van der Waals surface area contributed by atoms with Crippen molar-refractivity contribution in [3.05, 3.63) is 65.9 Å². The number of carbonyl (C=O) groups is 1. The Kier molecular flexibility index (Phi) is 7.65. The Bertz CT molecular complexity index is 1060. The third-order valence-corrected chi connectivity index (χ3v) is 7.92. The second-order valence-electron chi connectivity index (χ2n) is 10.3. The fourth-order valence-electron chi connectivity index (χ4n) is 5.83. The van der Waals surface area contributed by atoms with Crippen LogP contribution in [0.2, 0.25) is 0 Å². The lowest BCUT2D eigenvalue weighted by Gasteiger charge is -2.32. The standard InChI is InChI=1S/C30H38N2O2/c33-30(25-11-5-2-6-12-25)34-27-14-15-29-28(21-27)26(22-31-29)13-7-8-18-32-19-16-24(17-20-32)23-9-3-1-4-10-23/h1,3-4,9-10,14-15,21-22,24-25,31H,2,5-8,11-13,16-20H2. The van der Waals surface area contributed by atoms with Crippen molar-refractivity contribution in [3.63, 3.8) is 0 Å². The number of aromatic nitrogens is 1. The number of likely N-dealkylation sites (tertiary alicyclic amines) is 1. The average Bonchev–Trinajstić information content (AvgIpc) is 3.30. The third-order valence-electron chi connectivity index (χ3n) is 7.92. The number of fused-ring (bicyclic) bond motifs is 1. The number of H-pyrrole nitrogens is 1. The normalized spacial score (nSPS) is 18.4. The highest BCUT2D eigenvalue weighted by molar-refractivity contribution is 5.85. The third kappa shape index (κ3) is 5.72. The Balaban J connectivity index is 1.09. The number of ether oxygens (including phenoxy) is 1. The van der Waals surface area contributed by atoms with Gasteiger partial charge in [0.25, 0.3) is 0 Å². The highest BCUT2D eigenvalue weighted by Gasteiger charge is 2.23. The molecule has 0 bridgehead atoms. The number of piperidine rings is 1. The first kappa shape index (κ1) is 23.2. The van der Waals surface area contributed by atoms with Crippen LogP contribution in [0, 0.1) is 5.92 Å². The Morgan fingerprint density at radius 1 is 0.941 bits per heavy atom. The molecular formula is C30H38N2O2. The molecule has 0 atom stereocenters. The molecule has 0 spiro atoms. The van der Waals surface area contributed by atoms with Crippen molar-refractivity contribution < 1.29 is 9.53 Å². The summed E-state index contributed by atoms with van der Waals surface area (Å²) in [5.41, 5.74) is 3.95. The zero-order valence-electron chi connectivity index (χ0n) is 20.3. The van der Waals surface area contributed by atoms with Gasteiger partial charge in [0.2, 0.25) is 0 Å². The number of unbranched alkanes of at least 4 members (excludes halogenated alkanes) is 1. The van der Waals surface area contributed by atoms with E-state index in [0.717, 1.165) is 43.5 Å². The van der Waals surface area contributed by atoms with Crippen LogP contribution in [-0.4, -0.2) is 35.5 Å². The van der Waals surface area contributed by atoms with E-state index in [2.05, 4.69) is 52.5 Å². The molecular weight excluding hydrogens is 420 g/mol. The van der Waals surface area contributed by atoms with E-state index in [9.17, 15) is 4.79 Å². The van der Waals surface area contributed by atoms with E-state index < -0.39 is 0 Å². The van der Waals surface area contributed by atoms with Crippen LogP contribution >= 0.6 is 0 Å². The molecule has 1 aliphatic carbocycles. The number of benzene rings is 2. The van der Waals surface area contributed by atoms with Gasteiger partial charge < -0.3 is 14.6 Å². The molecule has 2 aliphatic rings. The van der Waals surface area contributed by atoms with Gasteiger partial charge in [0.15, 0.2) is 0 Å². The summed E-state index contributed by atoms with van der Waals surface area (Å²) in [6.07, 6.45) is 13.6. The fraction of sp³-hybridized carbons (Fsp3) is 0.500. The van der Waals surface area contributed by atoms with Crippen LogP contribution in [0.3, 0.4) is 0 Å². The average molecular weight is 459 g/mol. The van der Waals surface area contributed by atoms with Crippen molar-refractivity contribution in [1.29, 1.82) is 0 Å². The molecule has 1 saturated carbocycles. The highest BCUT2D eigenvalue weighted by Crippen LogP contribution is 2.30. The Morgan fingerprint density at radius 3 is 2.53 bits per heavy atom. The van der Waals surface area contributed by atoms with Gasteiger partial charge in [-0.25, -0.2) is 0 Å². The monoisotopic (exact) mass is 458 g/mol. The molecule has 1 saturated heterocycles. The summed E-state index contributed by atoms with van der Waals surface area (Å²) >= 11 is 0. The number of nitrogens with one attached hydrogen (secondary N) is 1. The molecule has 4 heteroatoms. The van der Waals surface area contributed by atoms with Crippen LogP contribution in [0.1, 0.15) is 74.8 Å². The maximum Gasteiger partial charge on any atom is 0.314 e. The molecule has 34 heavy (non-hydrogen) atoms. The molecule has 180 valence electrons. The van der Waals surface area contributed by atoms with Crippen LogP contribution < -0.4 is 4.74 Å². The minimum atomic E-state index is -0.0489. The van der Waals surface area contributed by atoms with E-state index in [1.54, 1.807) is 0 Å². The van der Waals surface area contributed by atoms with E-state index in [0.29, 0.717) is 5.75 Å².